The smallest absolute Gasteiger partial charge is 0.251 e. The highest BCUT2D eigenvalue weighted by Gasteiger charge is 2.16. The Bertz CT molecular complexity index is 862. The Morgan fingerprint density at radius 3 is 2.54 bits per heavy atom. The fourth-order valence-corrected chi connectivity index (χ4v) is 3.27. The Morgan fingerprint density at radius 1 is 1.15 bits per heavy atom. The van der Waals surface area contributed by atoms with Crippen LogP contribution in [0.25, 0.3) is 11.4 Å². The number of amides is 1. The van der Waals surface area contributed by atoms with E-state index in [-0.39, 0.29) is 11.9 Å². The van der Waals surface area contributed by atoms with E-state index in [4.69, 9.17) is 0 Å². The molecule has 1 aromatic carbocycles. The van der Waals surface area contributed by atoms with Gasteiger partial charge in [-0.15, -0.1) is 11.3 Å². The van der Waals surface area contributed by atoms with Gasteiger partial charge in [0.1, 0.15) is 10.8 Å². The summed E-state index contributed by atoms with van der Waals surface area (Å²) in [5.41, 5.74) is 1.48. The number of hydrogen-bond acceptors (Lipinski definition) is 6. The van der Waals surface area contributed by atoms with Gasteiger partial charge in [0.05, 0.1) is 6.04 Å². The summed E-state index contributed by atoms with van der Waals surface area (Å²) < 4.78 is 0. The fourth-order valence-electron chi connectivity index (χ4n) is 2.49. The molecule has 1 amide bonds. The van der Waals surface area contributed by atoms with E-state index in [9.17, 15) is 4.79 Å². The van der Waals surface area contributed by atoms with E-state index in [2.05, 4.69) is 20.3 Å². The Kier molecular flexibility index (Phi) is 5.58. The molecule has 0 bridgehead atoms. The van der Waals surface area contributed by atoms with Crippen LogP contribution in [0.3, 0.4) is 0 Å². The average molecular weight is 367 g/mol. The molecule has 2 aromatic heterocycles. The normalized spacial score (nSPS) is 11.8. The topological polar surface area (TPSA) is 71.0 Å². The summed E-state index contributed by atoms with van der Waals surface area (Å²) in [4.78, 5) is 27.6. The van der Waals surface area contributed by atoms with E-state index in [1.807, 2.05) is 49.5 Å². The molecular weight excluding hydrogens is 346 g/mol. The van der Waals surface area contributed by atoms with E-state index >= 15 is 0 Å². The van der Waals surface area contributed by atoms with Crippen LogP contribution in [0.2, 0.25) is 0 Å². The minimum Gasteiger partial charge on any atom is -0.363 e. The number of benzene rings is 1. The van der Waals surface area contributed by atoms with Crippen molar-refractivity contribution >= 4 is 23.1 Å². The molecule has 0 fully saturated rings. The van der Waals surface area contributed by atoms with Crippen LogP contribution in [0.4, 0.5) is 5.82 Å². The third kappa shape index (κ3) is 4.05. The first-order valence-corrected chi connectivity index (χ1v) is 9.27. The summed E-state index contributed by atoms with van der Waals surface area (Å²) in [6.07, 6.45) is 4.28. The number of thiazole rings is 1. The number of aromatic nitrogens is 3. The highest BCUT2D eigenvalue weighted by Crippen LogP contribution is 2.21. The second-order valence-electron chi connectivity index (χ2n) is 6.01. The molecule has 0 aliphatic rings. The zero-order valence-electron chi connectivity index (χ0n) is 15.0. The zero-order valence-corrected chi connectivity index (χ0v) is 15.8. The van der Waals surface area contributed by atoms with E-state index < -0.39 is 0 Å². The van der Waals surface area contributed by atoms with Crippen LogP contribution >= 0.6 is 11.3 Å². The number of carbonyl (C=O) groups is 1. The van der Waals surface area contributed by atoms with Gasteiger partial charge in [-0.25, -0.2) is 15.0 Å². The molecule has 1 N–H and O–H groups in total. The number of nitrogens with one attached hydrogen (secondary N) is 1. The van der Waals surface area contributed by atoms with Crippen molar-refractivity contribution in [3.05, 3.63) is 58.7 Å². The van der Waals surface area contributed by atoms with Crippen LogP contribution in [0.5, 0.6) is 0 Å². The molecule has 0 aliphatic heterocycles. The first kappa shape index (κ1) is 18.0. The molecule has 0 spiro atoms. The molecule has 1 atom stereocenters. The van der Waals surface area contributed by atoms with Crippen molar-refractivity contribution in [3.63, 3.8) is 0 Å². The maximum atomic E-state index is 12.5. The van der Waals surface area contributed by atoms with Crippen molar-refractivity contribution in [1.29, 1.82) is 0 Å². The predicted molar refractivity (Wildman–Crippen MR) is 104 cm³/mol. The van der Waals surface area contributed by atoms with Crippen LogP contribution in [0.15, 0.2) is 48.1 Å². The second-order valence-corrected chi connectivity index (χ2v) is 6.94. The molecule has 0 saturated heterocycles. The molecule has 7 heteroatoms. The number of rotatable bonds is 6. The summed E-state index contributed by atoms with van der Waals surface area (Å²) in [5.74, 6) is 1.37. The first-order chi connectivity index (χ1) is 12.6. The van der Waals surface area contributed by atoms with Gasteiger partial charge in [0.2, 0.25) is 0 Å². The summed E-state index contributed by atoms with van der Waals surface area (Å²) in [5, 5.41) is 5.88. The van der Waals surface area contributed by atoms with Gasteiger partial charge in [0.15, 0.2) is 5.82 Å². The summed E-state index contributed by atoms with van der Waals surface area (Å²) in [7, 11) is 3.87. The van der Waals surface area contributed by atoms with Gasteiger partial charge in [0.25, 0.3) is 5.91 Å². The highest BCUT2D eigenvalue weighted by atomic mass is 32.1. The first-order valence-electron chi connectivity index (χ1n) is 8.39. The van der Waals surface area contributed by atoms with Gasteiger partial charge in [0, 0.05) is 43.0 Å². The largest absolute Gasteiger partial charge is 0.363 e. The van der Waals surface area contributed by atoms with E-state index in [0.717, 1.165) is 22.8 Å². The zero-order chi connectivity index (χ0) is 18.5. The number of carbonyl (C=O) groups excluding carboxylic acids is 1. The molecule has 3 rings (SSSR count). The molecule has 2 heterocycles. The molecule has 134 valence electrons. The molecule has 0 radical (unpaired) electrons. The van der Waals surface area contributed by atoms with Gasteiger partial charge in [-0.2, -0.15) is 0 Å². The Labute approximate surface area is 157 Å². The van der Waals surface area contributed by atoms with Crippen molar-refractivity contribution in [2.75, 3.05) is 19.0 Å². The van der Waals surface area contributed by atoms with Crippen LogP contribution in [0.1, 0.15) is 34.8 Å². The van der Waals surface area contributed by atoms with Gasteiger partial charge in [-0.1, -0.05) is 19.1 Å². The number of nitrogens with zero attached hydrogens (tertiary/aromatic N) is 4. The van der Waals surface area contributed by atoms with E-state index in [1.165, 1.54) is 0 Å². The van der Waals surface area contributed by atoms with Gasteiger partial charge >= 0.3 is 0 Å². The van der Waals surface area contributed by atoms with Crippen molar-refractivity contribution < 1.29 is 4.79 Å². The van der Waals surface area contributed by atoms with Gasteiger partial charge < -0.3 is 10.2 Å². The fraction of sp³-hybridized carbons (Fsp3) is 0.263. The quantitative estimate of drug-likeness (QED) is 0.721. The molecular formula is C19H21N5OS. The monoisotopic (exact) mass is 367 g/mol. The number of hydrogen-bond donors (Lipinski definition) is 1. The number of anilines is 1. The lowest BCUT2D eigenvalue weighted by molar-refractivity contribution is 0.0935. The van der Waals surface area contributed by atoms with Crippen LogP contribution in [-0.2, 0) is 0 Å². The molecule has 6 nitrogen and oxygen atoms in total. The third-order valence-corrected chi connectivity index (χ3v) is 4.86. The van der Waals surface area contributed by atoms with Crippen molar-refractivity contribution in [3.8, 4) is 11.4 Å². The molecule has 0 unspecified atom stereocenters. The molecule has 3 aromatic rings. The lowest BCUT2D eigenvalue weighted by atomic mass is 10.1. The minimum absolute atomic E-state index is 0.0673. The molecule has 0 aliphatic carbocycles. The van der Waals surface area contributed by atoms with Gasteiger partial charge in [-0.3, -0.25) is 4.79 Å². The second kappa shape index (κ2) is 8.05. The predicted octanol–water partition coefficient (Wildman–Crippen LogP) is 3.55. The minimum atomic E-state index is -0.110. The van der Waals surface area contributed by atoms with Crippen LogP contribution in [-0.4, -0.2) is 35.0 Å². The standard InChI is InChI=1S/C19H21N5OS/c1-4-15(19-21-11-12-26-19)22-18(25)14-7-5-13(6-8-14)17-20-10-9-16(23-17)24(2)3/h5-12,15H,4H2,1-3H3,(H,22,25)/t15-/m0/s1. The highest BCUT2D eigenvalue weighted by molar-refractivity contribution is 7.09. The lowest BCUT2D eigenvalue weighted by Gasteiger charge is -2.14. The van der Waals surface area contributed by atoms with Crippen molar-refractivity contribution in [1.82, 2.24) is 20.3 Å². The molecule has 0 saturated carbocycles. The molecule has 26 heavy (non-hydrogen) atoms. The van der Waals surface area contributed by atoms with E-state index in [0.29, 0.717) is 11.4 Å². The lowest BCUT2D eigenvalue weighted by Crippen LogP contribution is -2.28. The summed E-state index contributed by atoms with van der Waals surface area (Å²) in [6.45, 7) is 2.03. The van der Waals surface area contributed by atoms with Crippen molar-refractivity contribution in [2.24, 2.45) is 0 Å². The summed E-state index contributed by atoms with van der Waals surface area (Å²) >= 11 is 1.55. The SMILES string of the molecule is CC[C@H](NC(=O)c1ccc(-c2nccc(N(C)C)n2)cc1)c1nccs1. The maximum absolute atomic E-state index is 12.5. The van der Waals surface area contributed by atoms with Crippen LogP contribution < -0.4 is 10.2 Å². The third-order valence-electron chi connectivity index (χ3n) is 3.97. The average Bonchev–Trinajstić information content (AvgIpc) is 3.20. The van der Waals surface area contributed by atoms with E-state index in [1.54, 1.807) is 35.9 Å². The van der Waals surface area contributed by atoms with Crippen LogP contribution in [0, 0.1) is 0 Å². The Balaban J connectivity index is 1.75. The van der Waals surface area contributed by atoms with Crippen molar-refractivity contribution in [2.45, 2.75) is 19.4 Å². The Hall–Kier alpha value is -2.80. The van der Waals surface area contributed by atoms with Gasteiger partial charge in [-0.05, 0) is 24.6 Å². The summed E-state index contributed by atoms with van der Waals surface area (Å²) in [6, 6.07) is 9.12. The maximum Gasteiger partial charge on any atom is 0.251 e. The Morgan fingerprint density at radius 2 is 1.92 bits per heavy atom.